The molecule has 0 spiro atoms. The lowest BCUT2D eigenvalue weighted by Gasteiger charge is -2.26. The highest BCUT2D eigenvalue weighted by Gasteiger charge is 2.35. The van der Waals surface area contributed by atoms with Crippen LogP contribution in [0.1, 0.15) is 5.56 Å². The molecule has 4 nitrogen and oxygen atoms in total. The maximum absolute atomic E-state index is 13.1. The monoisotopic (exact) mass is 357 g/mol. The number of hydrogen-bond donors (Lipinski definition) is 1. The number of hydrogen-bond acceptors (Lipinski definition) is 3. The topological polar surface area (TPSA) is 47.6 Å². The minimum atomic E-state index is -4.65. The van der Waals surface area contributed by atoms with Crippen molar-refractivity contribution in [2.24, 2.45) is 0 Å². The lowest BCUT2D eigenvalue weighted by atomic mass is 10.1. The number of alkyl halides is 3. The Morgan fingerprint density at radius 1 is 1.17 bits per heavy atom. The summed E-state index contributed by atoms with van der Waals surface area (Å²) in [5.41, 5.74) is -1.42. The third kappa shape index (κ3) is 3.41. The first kappa shape index (κ1) is 16.4. The Labute approximate surface area is 140 Å². The predicted octanol–water partition coefficient (Wildman–Crippen LogP) is 4.14. The smallest absolute Gasteiger partial charge is 0.418 e. The molecule has 0 saturated carbocycles. The van der Waals surface area contributed by atoms with E-state index in [4.69, 9.17) is 21.1 Å². The molecule has 0 aromatic heterocycles. The summed E-state index contributed by atoms with van der Waals surface area (Å²) in [5.74, 6) is 0.0948. The second-order valence-corrected chi connectivity index (χ2v) is 5.48. The van der Waals surface area contributed by atoms with Gasteiger partial charge in [-0.15, -0.1) is 0 Å². The van der Waals surface area contributed by atoms with Crippen LogP contribution in [0.3, 0.4) is 0 Å². The third-order valence-electron chi connectivity index (χ3n) is 3.35. The second-order valence-electron chi connectivity index (χ2n) is 5.04. The van der Waals surface area contributed by atoms with E-state index in [1.807, 2.05) is 0 Å². The number of rotatable bonds is 2. The lowest BCUT2D eigenvalue weighted by molar-refractivity contribution is -0.137. The first-order chi connectivity index (χ1) is 11.3. The van der Waals surface area contributed by atoms with E-state index in [9.17, 15) is 18.0 Å². The summed E-state index contributed by atoms with van der Waals surface area (Å²) >= 11 is 5.61. The van der Waals surface area contributed by atoms with Crippen LogP contribution in [0.5, 0.6) is 11.5 Å². The first-order valence-corrected chi connectivity index (χ1v) is 7.28. The summed E-state index contributed by atoms with van der Waals surface area (Å²) in [4.78, 5) is 12.2. The second kappa shape index (κ2) is 6.24. The molecule has 2 aromatic carbocycles. The highest BCUT2D eigenvalue weighted by Crippen LogP contribution is 2.37. The summed E-state index contributed by atoms with van der Waals surface area (Å²) in [6.07, 6.45) is -5.71. The van der Waals surface area contributed by atoms with Gasteiger partial charge in [0.2, 0.25) is 6.10 Å². The summed E-state index contributed by atoms with van der Waals surface area (Å²) < 4.78 is 50.0. The van der Waals surface area contributed by atoms with Crippen LogP contribution in [0, 0.1) is 0 Å². The number of fused-ring (bicyclic) bond motifs is 1. The maximum atomic E-state index is 13.1. The Balaban J connectivity index is 1.79. The molecule has 1 amide bonds. The largest absolute Gasteiger partial charge is 0.485 e. The van der Waals surface area contributed by atoms with Crippen molar-refractivity contribution in [2.45, 2.75) is 12.3 Å². The van der Waals surface area contributed by atoms with Gasteiger partial charge < -0.3 is 14.8 Å². The van der Waals surface area contributed by atoms with E-state index in [0.29, 0.717) is 11.5 Å². The van der Waals surface area contributed by atoms with Crippen LogP contribution < -0.4 is 14.8 Å². The van der Waals surface area contributed by atoms with Crippen molar-refractivity contribution in [3.8, 4) is 11.5 Å². The fourth-order valence-corrected chi connectivity index (χ4v) is 2.39. The molecule has 0 saturated heterocycles. The van der Waals surface area contributed by atoms with Crippen LogP contribution in [0.15, 0.2) is 42.5 Å². The van der Waals surface area contributed by atoms with Crippen molar-refractivity contribution >= 4 is 23.2 Å². The van der Waals surface area contributed by atoms with Gasteiger partial charge in [0.25, 0.3) is 5.91 Å². The molecule has 24 heavy (non-hydrogen) atoms. The minimum absolute atomic E-state index is 0.0773. The lowest BCUT2D eigenvalue weighted by Crippen LogP contribution is -2.40. The van der Waals surface area contributed by atoms with Crippen LogP contribution in [0.4, 0.5) is 18.9 Å². The maximum Gasteiger partial charge on any atom is 0.418 e. The molecular formula is C16H11ClF3NO3. The number of amides is 1. The number of ether oxygens (including phenoxy) is 2. The van der Waals surface area contributed by atoms with Crippen LogP contribution in [0.2, 0.25) is 5.02 Å². The number of carbonyl (C=O) groups is 1. The number of anilines is 1. The van der Waals surface area contributed by atoms with Crippen molar-refractivity contribution in [2.75, 3.05) is 11.9 Å². The van der Waals surface area contributed by atoms with E-state index in [1.165, 1.54) is 6.07 Å². The fourth-order valence-electron chi connectivity index (χ4n) is 2.22. The zero-order valence-corrected chi connectivity index (χ0v) is 12.8. The predicted molar refractivity (Wildman–Crippen MR) is 81.4 cm³/mol. The van der Waals surface area contributed by atoms with Gasteiger partial charge in [-0.1, -0.05) is 23.7 Å². The van der Waals surface area contributed by atoms with Crippen LogP contribution in [0.25, 0.3) is 0 Å². The average molecular weight is 358 g/mol. The average Bonchev–Trinajstić information content (AvgIpc) is 2.55. The highest BCUT2D eigenvalue weighted by atomic mass is 35.5. The van der Waals surface area contributed by atoms with E-state index < -0.39 is 23.8 Å². The molecule has 1 heterocycles. The number of para-hydroxylation sites is 2. The van der Waals surface area contributed by atoms with E-state index >= 15 is 0 Å². The van der Waals surface area contributed by atoms with Crippen LogP contribution in [-0.2, 0) is 11.0 Å². The van der Waals surface area contributed by atoms with Gasteiger partial charge in [-0.2, -0.15) is 13.2 Å². The van der Waals surface area contributed by atoms with Crippen LogP contribution in [-0.4, -0.2) is 18.6 Å². The van der Waals surface area contributed by atoms with Gasteiger partial charge in [0, 0.05) is 5.02 Å². The van der Waals surface area contributed by atoms with Gasteiger partial charge in [0.05, 0.1) is 11.3 Å². The van der Waals surface area contributed by atoms with Gasteiger partial charge in [0.15, 0.2) is 11.5 Å². The van der Waals surface area contributed by atoms with Crippen molar-refractivity contribution in [1.82, 2.24) is 0 Å². The molecule has 0 radical (unpaired) electrons. The van der Waals surface area contributed by atoms with E-state index in [2.05, 4.69) is 5.32 Å². The summed E-state index contributed by atoms with van der Waals surface area (Å²) in [6, 6.07) is 9.84. The van der Waals surface area contributed by atoms with Gasteiger partial charge >= 0.3 is 6.18 Å². The number of benzene rings is 2. The fraction of sp³-hybridized carbons (Fsp3) is 0.188. The standard InChI is InChI=1S/C16H11ClF3NO3/c17-9-5-6-11(10(7-9)16(18,19)20)21-15(22)14-8-23-12-3-1-2-4-13(12)24-14/h1-7,14H,8H2,(H,21,22)/t14-/m1/s1. The van der Waals surface area contributed by atoms with Crippen molar-refractivity contribution in [1.29, 1.82) is 0 Å². The number of carbonyl (C=O) groups excluding carboxylic acids is 1. The first-order valence-electron chi connectivity index (χ1n) is 6.90. The highest BCUT2D eigenvalue weighted by molar-refractivity contribution is 6.30. The van der Waals surface area contributed by atoms with E-state index in [0.717, 1.165) is 12.1 Å². The number of halogens is 4. The van der Waals surface area contributed by atoms with Crippen molar-refractivity contribution in [3.05, 3.63) is 53.1 Å². The molecule has 126 valence electrons. The van der Waals surface area contributed by atoms with Crippen LogP contribution >= 0.6 is 11.6 Å². The Bertz CT molecular complexity index is 779. The minimum Gasteiger partial charge on any atom is -0.485 e. The Morgan fingerprint density at radius 2 is 1.88 bits per heavy atom. The molecule has 0 aliphatic carbocycles. The summed E-state index contributed by atoms with van der Waals surface area (Å²) in [6.45, 7) is -0.0994. The van der Waals surface area contributed by atoms with Gasteiger partial charge in [-0.25, -0.2) is 0 Å². The quantitative estimate of drug-likeness (QED) is 0.878. The molecule has 1 aliphatic heterocycles. The van der Waals surface area contributed by atoms with Crippen molar-refractivity contribution < 1.29 is 27.4 Å². The Morgan fingerprint density at radius 3 is 2.58 bits per heavy atom. The normalized spacial score (nSPS) is 16.6. The van der Waals surface area contributed by atoms with Crippen molar-refractivity contribution in [3.63, 3.8) is 0 Å². The third-order valence-corrected chi connectivity index (χ3v) is 3.58. The molecular weight excluding hydrogens is 347 g/mol. The zero-order chi connectivity index (χ0) is 17.3. The SMILES string of the molecule is O=C(Nc1ccc(Cl)cc1C(F)(F)F)[C@H]1COc2ccccc2O1. The summed E-state index contributed by atoms with van der Waals surface area (Å²) in [5, 5.41) is 2.14. The molecule has 8 heteroatoms. The molecule has 0 bridgehead atoms. The molecule has 2 aromatic rings. The Kier molecular flexibility index (Phi) is 4.28. The van der Waals surface area contributed by atoms with Gasteiger partial charge in [-0.3, -0.25) is 4.79 Å². The number of nitrogens with one attached hydrogen (secondary N) is 1. The molecule has 1 atom stereocenters. The van der Waals surface area contributed by atoms with Gasteiger partial charge in [-0.05, 0) is 30.3 Å². The molecule has 0 unspecified atom stereocenters. The molecule has 3 rings (SSSR count). The Hall–Kier alpha value is -2.41. The zero-order valence-electron chi connectivity index (χ0n) is 12.1. The molecule has 0 fully saturated rings. The van der Waals surface area contributed by atoms with E-state index in [1.54, 1.807) is 24.3 Å². The molecule has 1 aliphatic rings. The summed E-state index contributed by atoms with van der Waals surface area (Å²) in [7, 11) is 0. The van der Waals surface area contributed by atoms with Gasteiger partial charge in [0.1, 0.15) is 6.61 Å². The molecule has 1 N–H and O–H groups in total. The van der Waals surface area contributed by atoms with E-state index in [-0.39, 0.29) is 17.3 Å².